The van der Waals surface area contributed by atoms with E-state index in [1.807, 2.05) is 12.1 Å². The zero-order valence-corrected chi connectivity index (χ0v) is 10.9. The topological polar surface area (TPSA) is 46.2 Å². The molecular formula is C17H19NO. The van der Waals surface area contributed by atoms with Crippen LogP contribution in [0.25, 0.3) is 0 Å². The fraction of sp³-hybridized carbons (Fsp3) is 0.294. The van der Waals surface area contributed by atoms with E-state index < -0.39 is 0 Å². The molecule has 2 atom stereocenters. The van der Waals surface area contributed by atoms with Gasteiger partial charge in [0, 0.05) is 6.04 Å². The van der Waals surface area contributed by atoms with Gasteiger partial charge >= 0.3 is 0 Å². The average Bonchev–Trinajstić information content (AvgIpc) is 2.82. The fourth-order valence-electron chi connectivity index (χ4n) is 3.13. The van der Waals surface area contributed by atoms with Gasteiger partial charge < -0.3 is 10.8 Å². The second kappa shape index (κ2) is 5.06. The highest BCUT2D eigenvalue weighted by Gasteiger charge is 2.27. The molecule has 3 N–H and O–H groups in total. The predicted molar refractivity (Wildman–Crippen MR) is 77.3 cm³/mol. The number of fused-ring (bicyclic) bond motifs is 1. The van der Waals surface area contributed by atoms with Gasteiger partial charge in [-0.3, -0.25) is 0 Å². The quantitative estimate of drug-likeness (QED) is 0.883. The number of nitrogens with two attached hydrogens (primary N) is 1. The van der Waals surface area contributed by atoms with Crippen LogP contribution in [0.3, 0.4) is 0 Å². The summed E-state index contributed by atoms with van der Waals surface area (Å²) in [6.07, 6.45) is 3.08. The first-order chi connectivity index (χ1) is 9.24. The van der Waals surface area contributed by atoms with E-state index in [9.17, 15) is 5.11 Å². The minimum atomic E-state index is 0.116. The van der Waals surface area contributed by atoms with E-state index in [-0.39, 0.29) is 6.04 Å². The summed E-state index contributed by atoms with van der Waals surface area (Å²) in [5, 5.41) is 9.51. The van der Waals surface area contributed by atoms with E-state index in [2.05, 4.69) is 24.3 Å². The van der Waals surface area contributed by atoms with E-state index in [0.717, 1.165) is 24.8 Å². The number of hydrogen-bond acceptors (Lipinski definition) is 2. The molecule has 0 spiro atoms. The summed E-state index contributed by atoms with van der Waals surface area (Å²) in [5.74, 6) is 0.759. The lowest BCUT2D eigenvalue weighted by atomic mass is 9.89. The molecule has 0 aliphatic heterocycles. The molecule has 98 valence electrons. The van der Waals surface area contributed by atoms with Crippen molar-refractivity contribution < 1.29 is 5.11 Å². The molecule has 2 aromatic carbocycles. The number of rotatable bonds is 3. The molecule has 0 fully saturated rings. The van der Waals surface area contributed by atoms with Crippen LogP contribution in [0.2, 0.25) is 0 Å². The summed E-state index contributed by atoms with van der Waals surface area (Å²) >= 11 is 0. The van der Waals surface area contributed by atoms with Crippen LogP contribution in [0.15, 0.2) is 48.5 Å². The van der Waals surface area contributed by atoms with Gasteiger partial charge in [-0.25, -0.2) is 0 Å². The Hall–Kier alpha value is -1.80. The highest BCUT2D eigenvalue weighted by molar-refractivity contribution is 5.37. The van der Waals surface area contributed by atoms with Crippen molar-refractivity contribution in [3.05, 3.63) is 65.2 Å². The van der Waals surface area contributed by atoms with Crippen LogP contribution in [0.1, 0.15) is 29.0 Å². The van der Waals surface area contributed by atoms with Crippen LogP contribution in [0.4, 0.5) is 0 Å². The Morgan fingerprint density at radius 1 is 1.16 bits per heavy atom. The van der Waals surface area contributed by atoms with Crippen LogP contribution in [-0.2, 0) is 12.8 Å². The number of hydrogen-bond donors (Lipinski definition) is 2. The summed E-state index contributed by atoms with van der Waals surface area (Å²) in [4.78, 5) is 0. The van der Waals surface area contributed by atoms with Gasteiger partial charge in [0.2, 0.25) is 0 Å². The van der Waals surface area contributed by atoms with E-state index >= 15 is 0 Å². The lowest BCUT2D eigenvalue weighted by molar-refractivity contribution is 0.472. The predicted octanol–water partition coefficient (Wildman–Crippen LogP) is 2.99. The molecule has 2 unspecified atom stereocenters. The third-order valence-electron chi connectivity index (χ3n) is 4.08. The molecule has 0 heterocycles. The Morgan fingerprint density at radius 2 is 2.00 bits per heavy atom. The summed E-state index contributed by atoms with van der Waals surface area (Å²) in [7, 11) is 0. The normalized spacial score (nSPS) is 19.1. The molecule has 0 aromatic heterocycles. The molecule has 0 amide bonds. The van der Waals surface area contributed by atoms with E-state index in [1.54, 1.807) is 12.1 Å². The standard InChI is InChI=1S/C17H19NO/c18-17(11-12-4-3-6-14(19)10-12)16-9-8-13-5-1-2-7-15(13)16/h1-7,10,16-17,19H,8-9,11,18H2. The molecule has 19 heavy (non-hydrogen) atoms. The molecule has 3 rings (SSSR count). The van der Waals surface area contributed by atoms with Crippen LogP contribution < -0.4 is 5.73 Å². The smallest absolute Gasteiger partial charge is 0.115 e. The third-order valence-corrected chi connectivity index (χ3v) is 4.08. The molecule has 0 bridgehead atoms. The first kappa shape index (κ1) is 12.2. The zero-order chi connectivity index (χ0) is 13.2. The maximum atomic E-state index is 9.51. The molecule has 0 saturated heterocycles. The van der Waals surface area contributed by atoms with Crippen molar-refractivity contribution in [1.29, 1.82) is 0 Å². The average molecular weight is 253 g/mol. The van der Waals surface area contributed by atoms with Gasteiger partial charge in [-0.2, -0.15) is 0 Å². The first-order valence-corrected chi connectivity index (χ1v) is 6.85. The van der Waals surface area contributed by atoms with Gasteiger partial charge in [0.15, 0.2) is 0 Å². The van der Waals surface area contributed by atoms with Crippen LogP contribution in [0.5, 0.6) is 5.75 Å². The van der Waals surface area contributed by atoms with Gasteiger partial charge in [-0.15, -0.1) is 0 Å². The van der Waals surface area contributed by atoms with E-state index in [4.69, 9.17) is 5.73 Å². The molecular weight excluding hydrogens is 234 g/mol. The maximum absolute atomic E-state index is 9.51. The second-order valence-corrected chi connectivity index (χ2v) is 5.38. The Morgan fingerprint density at radius 3 is 2.84 bits per heavy atom. The zero-order valence-electron chi connectivity index (χ0n) is 10.9. The minimum absolute atomic E-state index is 0.116. The number of aromatic hydroxyl groups is 1. The highest BCUT2D eigenvalue weighted by atomic mass is 16.3. The number of phenolic OH excluding ortho intramolecular Hbond substituents is 1. The van der Waals surface area contributed by atoms with Crippen molar-refractivity contribution in [3.8, 4) is 5.75 Å². The molecule has 2 heteroatoms. The molecule has 0 radical (unpaired) electrons. The number of phenols is 1. The van der Waals surface area contributed by atoms with Crippen molar-refractivity contribution in [3.63, 3.8) is 0 Å². The third kappa shape index (κ3) is 2.49. The maximum Gasteiger partial charge on any atom is 0.115 e. The van der Waals surface area contributed by atoms with Crippen LogP contribution in [0, 0.1) is 0 Å². The van der Waals surface area contributed by atoms with Gasteiger partial charge in [-0.1, -0.05) is 36.4 Å². The van der Waals surface area contributed by atoms with Gasteiger partial charge in [0.1, 0.15) is 5.75 Å². The lowest BCUT2D eigenvalue weighted by Gasteiger charge is -2.20. The van der Waals surface area contributed by atoms with Gasteiger partial charge in [-0.05, 0) is 54.0 Å². The van der Waals surface area contributed by atoms with Gasteiger partial charge in [0.05, 0.1) is 0 Å². The molecule has 2 aromatic rings. The lowest BCUT2D eigenvalue weighted by Crippen LogP contribution is -2.29. The SMILES string of the molecule is NC(Cc1cccc(O)c1)C1CCc2ccccc21. The summed E-state index contributed by atoms with van der Waals surface area (Å²) in [5.41, 5.74) is 10.4. The Labute approximate surface area is 113 Å². The Balaban J connectivity index is 1.77. The fourth-order valence-corrected chi connectivity index (χ4v) is 3.13. The Kier molecular flexibility index (Phi) is 3.26. The largest absolute Gasteiger partial charge is 0.508 e. The van der Waals surface area contributed by atoms with Gasteiger partial charge in [0.25, 0.3) is 0 Å². The number of aryl methyl sites for hydroxylation is 1. The summed E-state index contributed by atoms with van der Waals surface area (Å²) in [6, 6.07) is 16.1. The van der Waals surface area contributed by atoms with Crippen molar-refractivity contribution >= 4 is 0 Å². The molecule has 0 saturated carbocycles. The van der Waals surface area contributed by atoms with Crippen LogP contribution >= 0.6 is 0 Å². The summed E-state index contributed by atoms with van der Waals surface area (Å²) < 4.78 is 0. The Bertz CT molecular complexity index is 579. The van der Waals surface area contributed by atoms with Crippen molar-refractivity contribution in [1.82, 2.24) is 0 Å². The van der Waals surface area contributed by atoms with Crippen LogP contribution in [-0.4, -0.2) is 11.1 Å². The second-order valence-electron chi connectivity index (χ2n) is 5.38. The molecule has 1 aliphatic carbocycles. The van der Waals surface area contributed by atoms with Crippen molar-refractivity contribution in [2.24, 2.45) is 5.73 Å². The van der Waals surface area contributed by atoms with Crippen molar-refractivity contribution in [2.45, 2.75) is 31.2 Å². The monoisotopic (exact) mass is 253 g/mol. The summed E-state index contributed by atoms with van der Waals surface area (Å²) in [6.45, 7) is 0. The molecule has 2 nitrogen and oxygen atoms in total. The van der Waals surface area contributed by atoms with Crippen molar-refractivity contribution in [2.75, 3.05) is 0 Å². The van der Waals surface area contributed by atoms with E-state index in [1.165, 1.54) is 11.1 Å². The minimum Gasteiger partial charge on any atom is -0.508 e. The number of benzene rings is 2. The highest BCUT2D eigenvalue weighted by Crippen LogP contribution is 2.35. The molecule has 1 aliphatic rings. The first-order valence-electron chi connectivity index (χ1n) is 6.85. The van der Waals surface area contributed by atoms with E-state index in [0.29, 0.717) is 11.7 Å².